The van der Waals surface area contributed by atoms with Gasteiger partial charge in [0.1, 0.15) is 0 Å². The van der Waals surface area contributed by atoms with E-state index in [0.717, 1.165) is 12.8 Å². The summed E-state index contributed by atoms with van der Waals surface area (Å²) in [4.78, 5) is 10.6. The Kier molecular flexibility index (Phi) is 1.92. The molecule has 64 valence electrons. The van der Waals surface area contributed by atoms with Crippen molar-refractivity contribution in [1.82, 2.24) is 0 Å². The molecule has 1 atom stereocenters. The van der Waals surface area contributed by atoms with Gasteiger partial charge < -0.3 is 10.2 Å². The Morgan fingerprint density at radius 2 is 2.00 bits per heavy atom. The van der Waals surface area contributed by atoms with Crippen LogP contribution >= 0.6 is 0 Å². The lowest BCUT2D eigenvalue weighted by molar-refractivity contribution is -0.154. The topological polar surface area (TPSA) is 57.5 Å². The lowest BCUT2D eigenvalue weighted by Gasteiger charge is -2.25. The summed E-state index contributed by atoms with van der Waals surface area (Å²) in [7, 11) is 0. The second-order valence-corrected chi connectivity index (χ2v) is 3.81. The van der Waals surface area contributed by atoms with Crippen molar-refractivity contribution in [3.05, 3.63) is 0 Å². The summed E-state index contributed by atoms with van der Waals surface area (Å²) >= 11 is 0. The second kappa shape index (κ2) is 2.48. The third-order valence-electron chi connectivity index (χ3n) is 2.36. The molecule has 0 aromatic heterocycles. The molecule has 1 fully saturated rings. The summed E-state index contributed by atoms with van der Waals surface area (Å²) in [6.45, 7) is 3.14. The molecule has 0 aromatic carbocycles. The fourth-order valence-electron chi connectivity index (χ4n) is 1.13. The Morgan fingerprint density at radius 3 is 2.27 bits per heavy atom. The van der Waals surface area contributed by atoms with Crippen LogP contribution < -0.4 is 0 Å². The predicted octanol–water partition coefficient (Wildman–Crippen LogP) is 0.868. The standard InChI is InChI=1S/C8H14O3/c1-8(2,7(10)11)6(9)5-3-4-5/h5-6,9H,3-4H2,1-2H3,(H,10,11). The maximum absolute atomic E-state index is 10.6. The quantitative estimate of drug-likeness (QED) is 0.640. The van der Waals surface area contributed by atoms with Crippen LogP contribution in [0.5, 0.6) is 0 Å². The zero-order chi connectivity index (χ0) is 8.65. The van der Waals surface area contributed by atoms with Gasteiger partial charge in [-0.05, 0) is 32.6 Å². The highest BCUT2D eigenvalue weighted by Crippen LogP contribution is 2.40. The molecule has 3 heteroatoms. The average Bonchev–Trinajstić information content (AvgIpc) is 2.66. The molecule has 2 N–H and O–H groups in total. The summed E-state index contributed by atoms with van der Waals surface area (Å²) in [5, 5.41) is 18.2. The first-order valence-corrected chi connectivity index (χ1v) is 3.87. The Balaban J connectivity index is 2.61. The normalized spacial score (nSPS) is 21.4. The number of hydrogen-bond donors (Lipinski definition) is 2. The molecule has 0 heterocycles. The van der Waals surface area contributed by atoms with Crippen molar-refractivity contribution in [1.29, 1.82) is 0 Å². The first-order valence-electron chi connectivity index (χ1n) is 3.87. The van der Waals surface area contributed by atoms with E-state index in [4.69, 9.17) is 5.11 Å². The number of aliphatic hydroxyl groups is 1. The van der Waals surface area contributed by atoms with Crippen molar-refractivity contribution >= 4 is 5.97 Å². The summed E-state index contributed by atoms with van der Waals surface area (Å²) < 4.78 is 0. The number of aliphatic carboxylic acids is 1. The minimum absolute atomic E-state index is 0.223. The Hall–Kier alpha value is -0.570. The van der Waals surface area contributed by atoms with Crippen LogP contribution in [0.25, 0.3) is 0 Å². The van der Waals surface area contributed by atoms with Gasteiger partial charge in [-0.25, -0.2) is 0 Å². The Labute approximate surface area is 66.0 Å². The highest BCUT2D eigenvalue weighted by molar-refractivity contribution is 5.74. The Bertz CT molecular complexity index is 170. The molecule has 0 radical (unpaired) electrons. The third kappa shape index (κ3) is 1.53. The maximum Gasteiger partial charge on any atom is 0.311 e. The smallest absolute Gasteiger partial charge is 0.311 e. The van der Waals surface area contributed by atoms with Crippen molar-refractivity contribution in [2.24, 2.45) is 11.3 Å². The van der Waals surface area contributed by atoms with Crippen LogP contribution in [0.3, 0.4) is 0 Å². The number of carboxylic acids is 1. The molecule has 1 aliphatic rings. The van der Waals surface area contributed by atoms with Gasteiger partial charge in [0.15, 0.2) is 0 Å². The molecule has 1 aliphatic carbocycles. The third-order valence-corrected chi connectivity index (χ3v) is 2.36. The highest BCUT2D eigenvalue weighted by Gasteiger charge is 2.44. The van der Waals surface area contributed by atoms with Crippen LogP contribution in [0.4, 0.5) is 0 Å². The van der Waals surface area contributed by atoms with Crippen molar-refractivity contribution < 1.29 is 15.0 Å². The van der Waals surface area contributed by atoms with Gasteiger partial charge in [-0.2, -0.15) is 0 Å². The second-order valence-electron chi connectivity index (χ2n) is 3.81. The molecule has 0 bridgehead atoms. The summed E-state index contributed by atoms with van der Waals surface area (Å²) in [6.07, 6.45) is 1.26. The van der Waals surface area contributed by atoms with Crippen molar-refractivity contribution in [3.63, 3.8) is 0 Å². The van der Waals surface area contributed by atoms with Gasteiger partial charge in [-0.15, -0.1) is 0 Å². The number of carbonyl (C=O) groups is 1. The van der Waals surface area contributed by atoms with Gasteiger partial charge in [0, 0.05) is 0 Å². The molecule has 1 unspecified atom stereocenters. The number of hydrogen-bond acceptors (Lipinski definition) is 2. The zero-order valence-electron chi connectivity index (χ0n) is 6.87. The number of aliphatic hydroxyl groups excluding tert-OH is 1. The molecule has 1 saturated carbocycles. The summed E-state index contributed by atoms with van der Waals surface area (Å²) in [5.74, 6) is -0.696. The first-order chi connectivity index (χ1) is 4.96. The highest BCUT2D eigenvalue weighted by atomic mass is 16.4. The minimum atomic E-state index is -0.985. The van der Waals surface area contributed by atoms with Crippen LogP contribution in [-0.2, 0) is 4.79 Å². The van der Waals surface area contributed by atoms with E-state index < -0.39 is 17.5 Å². The van der Waals surface area contributed by atoms with Crippen LogP contribution in [0.1, 0.15) is 26.7 Å². The predicted molar refractivity (Wildman–Crippen MR) is 40.1 cm³/mol. The molecule has 3 nitrogen and oxygen atoms in total. The molecule has 0 spiro atoms. The van der Waals surface area contributed by atoms with E-state index in [1.807, 2.05) is 0 Å². The zero-order valence-corrected chi connectivity index (χ0v) is 6.87. The van der Waals surface area contributed by atoms with Crippen LogP contribution in [0, 0.1) is 11.3 Å². The minimum Gasteiger partial charge on any atom is -0.481 e. The van der Waals surface area contributed by atoms with Gasteiger partial charge in [0.2, 0.25) is 0 Å². The van der Waals surface area contributed by atoms with E-state index in [9.17, 15) is 9.90 Å². The van der Waals surface area contributed by atoms with E-state index in [2.05, 4.69) is 0 Å². The van der Waals surface area contributed by atoms with E-state index in [-0.39, 0.29) is 5.92 Å². The SMILES string of the molecule is CC(C)(C(=O)O)C(O)C1CC1. The molecule has 0 aliphatic heterocycles. The monoisotopic (exact) mass is 158 g/mol. The molecule has 0 amide bonds. The fourth-order valence-corrected chi connectivity index (χ4v) is 1.13. The van der Waals surface area contributed by atoms with Crippen LogP contribution in [0.2, 0.25) is 0 Å². The van der Waals surface area contributed by atoms with E-state index in [0.29, 0.717) is 0 Å². The van der Waals surface area contributed by atoms with Crippen molar-refractivity contribution in [2.45, 2.75) is 32.8 Å². The van der Waals surface area contributed by atoms with Gasteiger partial charge in [-0.1, -0.05) is 0 Å². The fraction of sp³-hybridized carbons (Fsp3) is 0.875. The van der Waals surface area contributed by atoms with Crippen LogP contribution in [-0.4, -0.2) is 22.3 Å². The van der Waals surface area contributed by atoms with Gasteiger partial charge in [0.25, 0.3) is 0 Å². The average molecular weight is 158 g/mol. The van der Waals surface area contributed by atoms with Crippen molar-refractivity contribution in [3.8, 4) is 0 Å². The van der Waals surface area contributed by atoms with Gasteiger partial charge in [-0.3, -0.25) is 4.79 Å². The first kappa shape index (κ1) is 8.53. The molecule has 11 heavy (non-hydrogen) atoms. The lowest BCUT2D eigenvalue weighted by atomic mass is 9.84. The van der Waals surface area contributed by atoms with E-state index in [1.54, 1.807) is 13.8 Å². The number of carboxylic acid groups (broad SMARTS) is 1. The maximum atomic E-state index is 10.6. The van der Waals surface area contributed by atoms with Crippen molar-refractivity contribution in [2.75, 3.05) is 0 Å². The van der Waals surface area contributed by atoms with E-state index in [1.165, 1.54) is 0 Å². The Morgan fingerprint density at radius 1 is 1.55 bits per heavy atom. The molecular formula is C8H14O3. The summed E-state index contributed by atoms with van der Waals surface area (Å²) in [5.41, 5.74) is -0.985. The largest absolute Gasteiger partial charge is 0.481 e. The molecule has 0 aromatic rings. The lowest BCUT2D eigenvalue weighted by Crippen LogP contribution is -2.38. The molecular weight excluding hydrogens is 144 g/mol. The molecule has 0 saturated heterocycles. The van der Waals surface area contributed by atoms with E-state index >= 15 is 0 Å². The van der Waals surface area contributed by atoms with Crippen LogP contribution in [0.15, 0.2) is 0 Å². The van der Waals surface area contributed by atoms with Gasteiger partial charge >= 0.3 is 5.97 Å². The molecule has 1 rings (SSSR count). The summed E-state index contributed by atoms with van der Waals surface area (Å²) in [6, 6.07) is 0. The van der Waals surface area contributed by atoms with Gasteiger partial charge in [0.05, 0.1) is 11.5 Å². The number of rotatable bonds is 3.